The maximum Gasteiger partial charge on any atom is 0.277 e. The van der Waals surface area contributed by atoms with Gasteiger partial charge in [-0.1, -0.05) is 21.1 Å². The van der Waals surface area contributed by atoms with E-state index < -0.39 is 0 Å². The number of rotatable bonds is 5. The molecule has 100 valence electrons. The van der Waals surface area contributed by atoms with E-state index in [0.29, 0.717) is 17.6 Å². The highest BCUT2D eigenvalue weighted by molar-refractivity contribution is 9.08. The number of halogens is 1. The Morgan fingerprint density at radius 2 is 2.32 bits per heavy atom. The van der Waals surface area contributed by atoms with Crippen molar-refractivity contribution in [3.05, 3.63) is 41.8 Å². The summed E-state index contributed by atoms with van der Waals surface area (Å²) >= 11 is 3.40. The van der Waals surface area contributed by atoms with Crippen molar-refractivity contribution >= 4 is 27.5 Å². The molecule has 0 unspecified atom stereocenters. The van der Waals surface area contributed by atoms with E-state index in [1.807, 2.05) is 19.1 Å². The molecular weight excluding hydrogens is 312 g/mol. The predicted molar refractivity (Wildman–Crippen MR) is 74.7 cm³/mol. The Labute approximate surface area is 119 Å². The normalized spacial score (nSPS) is 10.2. The number of hydrogen-bond donors (Lipinski definition) is 1. The van der Waals surface area contributed by atoms with Gasteiger partial charge in [0, 0.05) is 22.6 Å². The molecule has 1 N–H and O–H groups in total. The van der Waals surface area contributed by atoms with Crippen LogP contribution in [0.15, 0.2) is 35.1 Å². The van der Waals surface area contributed by atoms with E-state index in [-0.39, 0.29) is 11.6 Å². The molecule has 0 aliphatic rings. The van der Waals surface area contributed by atoms with Crippen LogP contribution in [0.25, 0.3) is 0 Å². The first-order chi connectivity index (χ1) is 9.24. The summed E-state index contributed by atoms with van der Waals surface area (Å²) in [7, 11) is 0. The second kappa shape index (κ2) is 6.38. The van der Waals surface area contributed by atoms with Crippen molar-refractivity contribution < 1.29 is 14.1 Å². The van der Waals surface area contributed by atoms with Gasteiger partial charge in [-0.15, -0.1) is 0 Å². The van der Waals surface area contributed by atoms with Gasteiger partial charge in [0.1, 0.15) is 12.0 Å². The quantitative estimate of drug-likeness (QED) is 0.857. The fourth-order valence-electron chi connectivity index (χ4n) is 1.58. The molecule has 2 aromatic rings. The molecule has 1 heterocycles. The van der Waals surface area contributed by atoms with Crippen molar-refractivity contribution in [2.45, 2.75) is 12.3 Å². The van der Waals surface area contributed by atoms with Crippen LogP contribution in [0.3, 0.4) is 0 Å². The van der Waals surface area contributed by atoms with Crippen molar-refractivity contribution in [3.63, 3.8) is 0 Å². The first kappa shape index (κ1) is 13.6. The topological polar surface area (TPSA) is 64.4 Å². The summed E-state index contributed by atoms with van der Waals surface area (Å²) in [5.74, 6) is 0.497. The molecule has 0 atom stereocenters. The minimum Gasteiger partial charge on any atom is -0.494 e. The van der Waals surface area contributed by atoms with Gasteiger partial charge in [0.15, 0.2) is 5.69 Å². The second-order valence-corrected chi connectivity index (χ2v) is 4.29. The van der Waals surface area contributed by atoms with Crippen LogP contribution in [0, 0.1) is 0 Å². The molecule has 2 rings (SSSR count). The van der Waals surface area contributed by atoms with Gasteiger partial charge >= 0.3 is 0 Å². The molecule has 0 saturated heterocycles. The number of nitrogens with one attached hydrogen (secondary N) is 1. The lowest BCUT2D eigenvalue weighted by Gasteiger charge is -2.10. The van der Waals surface area contributed by atoms with Crippen molar-refractivity contribution in [3.8, 4) is 5.75 Å². The minimum absolute atomic E-state index is 0.245. The van der Waals surface area contributed by atoms with Crippen LogP contribution in [0.1, 0.15) is 23.0 Å². The molecule has 19 heavy (non-hydrogen) atoms. The van der Waals surface area contributed by atoms with Crippen LogP contribution < -0.4 is 10.1 Å². The smallest absolute Gasteiger partial charge is 0.277 e. The van der Waals surface area contributed by atoms with E-state index in [1.54, 1.807) is 6.07 Å². The van der Waals surface area contributed by atoms with E-state index >= 15 is 0 Å². The molecular formula is C13H13BrN2O3. The number of anilines is 1. The lowest BCUT2D eigenvalue weighted by molar-refractivity contribution is 0.101. The van der Waals surface area contributed by atoms with Gasteiger partial charge < -0.3 is 14.6 Å². The molecule has 0 aliphatic heterocycles. The number of amides is 1. The average Bonchev–Trinajstić information content (AvgIpc) is 2.94. The molecule has 0 bridgehead atoms. The zero-order valence-electron chi connectivity index (χ0n) is 10.4. The fraction of sp³-hybridized carbons (Fsp3) is 0.231. The fourth-order valence-corrected chi connectivity index (χ4v) is 2.02. The number of ether oxygens (including phenoxy) is 1. The summed E-state index contributed by atoms with van der Waals surface area (Å²) in [5.41, 5.74) is 1.90. The highest BCUT2D eigenvalue weighted by Gasteiger charge is 2.10. The molecule has 0 radical (unpaired) electrons. The van der Waals surface area contributed by atoms with E-state index in [0.717, 1.165) is 11.3 Å². The van der Waals surface area contributed by atoms with Gasteiger partial charge in [0.2, 0.25) is 0 Å². The number of hydrogen-bond acceptors (Lipinski definition) is 4. The molecule has 5 nitrogen and oxygen atoms in total. The first-order valence-corrected chi connectivity index (χ1v) is 6.90. The van der Waals surface area contributed by atoms with Crippen molar-refractivity contribution in [2.24, 2.45) is 0 Å². The van der Waals surface area contributed by atoms with Crippen LogP contribution in [0.5, 0.6) is 5.75 Å². The Morgan fingerprint density at radius 3 is 2.95 bits per heavy atom. The molecule has 1 aromatic carbocycles. The molecule has 0 fully saturated rings. The van der Waals surface area contributed by atoms with Crippen LogP contribution in [-0.2, 0) is 5.33 Å². The summed E-state index contributed by atoms with van der Waals surface area (Å²) in [6, 6.07) is 6.99. The number of nitrogens with zero attached hydrogens (tertiary/aromatic N) is 1. The van der Waals surface area contributed by atoms with E-state index in [9.17, 15) is 4.79 Å². The Hall–Kier alpha value is -1.82. The summed E-state index contributed by atoms with van der Waals surface area (Å²) in [6.45, 7) is 2.53. The lowest BCUT2D eigenvalue weighted by atomic mass is 10.2. The molecule has 0 aliphatic carbocycles. The standard InChI is InChI=1S/C13H13BrN2O3/c1-2-18-12-4-3-10(7-9(12)8-14)15-13(17)11-5-6-19-16-11/h3-7H,2,8H2,1H3,(H,15,17). The van der Waals surface area contributed by atoms with Crippen LogP contribution >= 0.6 is 15.9 Å². The lowest BCUT2D eigenvalue weighted by Crippen LogP contribution is -2.12. The van der Waals surface area contributed by atoms with E-state index in [1.165, 1.54) is 12.3 Å². The van der Waals surface area contributed by atoms with Gasteiger partial charge in [-0.25, -0.2) is 0 Å². The van der Waals surface area contributed by atoms with Crippen LogP contribution in [-0.4, -0.2) is 17.7 Å². The Kier molecular flexibility index (Phi) is 4.57. The largest absolute Gasteiger partial charge is 0.494 e. The molecule has 0 saturated carbocycles. The highest BCUT2D eigenvalue weighted by Crippen LogP contribution is 2.25. The average molecular weight is 325 g/mol. The Morgan fingerprint density at radius 1 is 1.47 bits per heavy atom. The van der Waals surface area contributed by atoms with Gasteiger partial charge in [-0.3, -0.25) is 4.79 Å². The van der Waals surface area contributed by atoms with Gasteiger partial charge in [-0.05, 0) is 25.1 Å². The minimum atomic E-state index is -0.307. The van der Waals surface area contributed by atoms with Gasteiger partial charge in [0.25, 0.3) is 5.91 Å². The molecule has 0 spiro atoms. The number of aromatic nitrogens is 1. The number of benzene rings is 1. The zero-order valence-corrected chi connectivity index (χ0v) is 11.9. The third kappa shape index (κ3) is 3.35. The predicted octanol–water partition coefficient (Wildman–Crippen LogP) is 3.22. The number of carbonyl (C=O) groups excluding carboxylic acids is 1. The third-order valence-corrected chi connectivity index (χ3v) is 3.04. The molecule has 1 aromatic heterocycles. The van der Waals surface area contributed by atoms with Crippen LogP contribution in [0.4, 0.5) is 5.69 Å². The maximum atomic E-state index is 11.8. The number of carbonyl (C=O) groups is 1. The summed E-state index contributed by atoms with van der Waals surface area (Å²) in [5, 5.41) is 6.98. The van der Waals surface area contributed by atoms with Gasteiger partial charge in [-0.2, -0.15) is 0 Å². The van der Waals surface area contributed by atoms with Crippen molar-refractivity contribution in [1.29, 1.82) is 0 Å². The SMILES string of the molecule is CCOc1ccc(NC(=O)c2ccon2)cc1CBr. The monoisotopic (exact) mass is 324 g/mol. The third-order valence-electron chi connectivity index (χ3n) is 2.43. The summed E-state index contributed by atoms with van der Waals surface area (Å²) in [4.78, 5) is 11.8. The summed E-state index contributed by atoms with van der Waals surface area (Å²) in [6.07, 6.45) is 1.36. The highest BCUT2D eigenvalue weighted by atomic mass is 79.9. The first-order valence-electron chi connectivity index (χ1n) is 5.78. The van der Waals surface area contributed by atoms with E-state index in [4.69, 9.17) is 4.74 Å². The van der Waals surface area contributed by atoms with Crippen LogP contribution in [0.2, 0.25) is 0 Å². The molecule has 1 amide bonds. The van der Waals surface area contributed by atoms with Crippen molar-refractivity contribution in [1.82, 2.24) is 5.16 Å². The zero-order chi connectivity index (χ0) is 13.7. The van der Waals surface area contributed by atoms with Gasteiger partial charge in [0.05, 0.1) is 6.61 Å². The van der Waals surface area contributed by atoms with Crippen molar-refractivity contribution in [2.75, 3.05) is 11.9 Å². The second-order valence-electron chi connectivity index (χ2n) is 3.73. The number of alkyl halides is 1. The maximum absolute atomic E-state index is 11.8. The Balaban J connectivity index is 2.15. The van der Waals surface area contributed by atoms with E-state index in [2.05, 4.69) is 30.9 Å². The summed E-state index contributed by atoms with van der Waals surface area (Å²) < 4.78 is 10.1. The molecule has 6 heteroatoms. The Bertz CT molecular complexity index is 555.